The predicted molar refractivity (Wildman–Crippen MR) is 250 cm³/mol. The van der Waals surface area contributed by atoms with Gasteiger partial charge in [0.25, 0.3) is 0 Å². The second-order valence-corrected chi connectivity index (χ2v) is 15.5. The van der Waals surface area contributed by atoms with Crippen LogP contribution in [0.25, 0.3) is 43.1 Å². The van der Waals surface area contributed by atoms with E-state index in [4.69, 9.17) is 18.9 Å². The van der Waals surface area contributed by atoms with Gasteiger partial charge in [-0.3, -0.25) is 19.2 Å². The third kappa shape index (κ3) is 11.3. The molecule has 0 bridgehead atoms. The van der Waals surface area contributed by atoms with Crippen LogP contribution in [0.4, 0.5) is 0 Å². The summed E-state index contributed by atoms with van der Waals surface area (Å²) in [4.78, 5) is 57.5. The predicted octanol–water partition coefficient (Wildman–Crippen LogP) is 10.2. The number of hydrogen-bond acceptors (Lipinski definition) is 10. The Balaban J connectivity index is 0.956. The van der Waals surface area contributed by atoms with Crippen LogP contribution < -0.4 is 18.9 Å². The molecule has 0 aliphatic rings. The van der Waals surface area contributed by atoms with Gasteiger partial charge < -0.3 is 28.7 Å². The molecule has 8 aromatic rings. The summed E-state index contributed by atoms with van der Waals surface area (Å²) in [7, 11) is 0. The average Bonchev–Trinajstić information content (AvgIpc) is 3.32. The summed E-state index contributed by atoms with van der Waals surface area (Å²) in [6.07, 6.45) is 0.208. The molecule has 0 unspecified atom stereocenters. The molecule has 0 amide bonds. The zero-order valence-corrected chi connectivity index (χ0v) is 35.4. The summed E-state index contributed by atoms with van der Waals surface area (Å²) in [5.41, 5.74) is 0. The number of benzene rings is 8. The topological polar surface area (TPSA) is 112 Å². The molecular weight excluding hydrogens is 805 g/mol. The van der Waals surface area contributed by atoms with Crippen LogP contribution in [0.3, 0.4) is 0 Å². The van der Waals surface area contributed by atoms with Crippen molar-refractivity contribution < 1.29 is 38.1 Å². The summed E-state index contributed by atoms with van der Waals surface area (Å²) in [5.74, 6) is 0.256. The van der Waals surface area contributed by atoms with Gasteiger partial charge in [0.1, 0.15) is 23.0 Å². The fourth-order valence-corrected chi connectivity index (χ4v) is 7.78. The molecule has 64 heavy (non-hydrogen) atoms. The summed E-state index contributed by atoms with van der Waals surface area (Å²) in [5, 5.41) is 7.17. The van der Waals surface area contributed by atoms with Gasteiger partial charge in [-0.15, -0.1) is 0 Å². The largest absolute Gasteiger partial charge is 0.426 e. The van der Waals surface area contributed by atoms with E-state index in [1.165, 1.54) is 0 Å². The lowest BCUT2D eigenvalue weighted by Gasteiger charge is -2.27. The normalized spacial score (nSPS) is 11.3. The van der Waals surface area contributed by atoms with Gasteiger partial charge >= 0.3 is 23.9 Å². The molecule has 322 valence electrons. The smallest absolute Gasteiger partial charge is 0.312 e. The lowest BCUT2D eigenvalue weighted by molar-refractivity contribution is -0.136. The van der Waals surface area contributed by atoms with Crippen molar-refractivity contribution in [2.45, 2.75) is 25.7 Å². The Labute approximate surface area is 371 Å². The van der Waals surface area contributed by atoms with E-state index < -0.39 is 23.9 Å². The number of nitrogens with zero attached hydrogens (tertiary/aromatic N) is 2. The van der Waals surface area contributed by atoms with Gasteiger partial charge in [0.15, 0.2) is 0 Å². The minimum absolute atomic E-state index is 0.0519. The molecule has 8 aromatic carbocycles. The highest BCUT2D eigenvalue weighted by Crippen LogP contribution is 2.29. The third-order valence-corrected chi connectivity index (χ3v) is 11.2. The van der Waals surface area contributed by atoms with Crippen molar-refractivity contribution in [1.29, 1.82) is 0 Å². The Bertz CT molecular complexity index is 2520. The zero-order valence-electron chi connectivity index (χ0n) is 35.4. The van der Waals surface area contributed by atoms with E-state index in [2.05, 4.69) is 0 Å². The second kappa shape index (κ2) is 21.1. The molecule has 0 aliphatic heterocycles. The number of carbonyl (C=O) groups is 4. The van der Waals surface area contributed by atoms with Crippen molar-refractivity contribution >= 4 is 67.0 Å². The molecule has 0 saturated heterocycles. The first-order chi connectivity index (χ1) is 31.4. The summed E-state index contributed by atoms with van der Waals surface area (Å²) in [6, 6.07) is 53.2. The van der Waals surface area contributed by atoms with Crippen LogP contribution in [0.5, 0.6) is 23.0 Å². The van der Waals surface area contributed by atoms with Crippen LogP contribution in [0.2, 0.25) is 0 Å². The van der Waals surface area contributed by atoms with Crippen LogP contribution in [0, 0.1) is 0 Å². The van der Waals surface area contributed by atoms with E-state index in [1.807, 2.05) is 155 Å². The molecule has 0 spiro atoms. The maximum absolute atomic E-state index is 13.4. The van der Waals surface area contributed by atoms with Crippen molar-refractivity contribution in [3.8, 4) is 23.0 Å². The number of carbonyl (C=O) groups excluding carboxylic acids is 4. The van der Waals surface area contributed by atoms with Crippen molar-refractivity contribution in [2.24, 2.45) is 0 Å². The van der Waals surface area contributed by atoms with Crippen LogP contribution in [0.15, 0.2) is 170 Å². The molecule has 0 heterocycles. The zero-order chi connectivity index (χ0) is 44.1. The van der Waals surface area contributed by atoms with Crippen LogP contribution >= 0.6 is 0 Å². The summed E-state index contributed by atoms with van der Waals surface area (Å²) < 4.78 is 23.4. The lowest BCUT2D eigenvalue weighted by Crippen LogP contribution is -2.39. The first-order valence-electron chi connectivity index (χ1n) is 21.5. The molecule has 0 radical (unpaired) electrons. The van der Waals surface area contributed by atoms with E-state index >= 15 is 0 Å². The Morgan fingerprint density at radius 3 is 0.750 bits per heavy atom. The average molecular weight is 853 g/mol. The number of ether oxygens (including phenoxy) is 4. The maximum Gasteiger partial charge on any atom is 0.312 e. The highest BCUT2D eigenvalue weighted by molar-refractivity contribution is 5.93. The van der Waals surface area contributed by atoms with Crippen molar-refractivity contribution in [1.82, 2.24) is 9.80 Å². The van der Waals surface area contributed by atoms with Gasteiger partial charge in [0, 0.05) is 60.8 Å². The molecule has 8 rings (SSSR count). The SMILES string of the molecule is O=C(CCN(CCC(=O)Oc1cccc2ccccc12)CCN(CCC(=O)Oc1cccc2ccccc12)CCC(=O)Oc1cccc2ccccc12)Oc1cccc2ccccc12. The van der Waals surface area contributed by atoms with Crippen LogP contribution in [-0.4, -0.2) is 72.9 Å². The van der Waals surface area contributed by atoms with Crippen molar-refractivity contribution in [3.63, 3.8) is 0 Å². The van der Waals surface area contributed by atoms with E-state index in [9.17, 15) is 19.2 Å². The summed E-state index contributed by atoms with van der Waals surface area (Å²) in [6.45, 7) is 1.94. The molecule has 10 nitrogen and oxygen atoms in total. The quantitative estimate of drug-likeness (QED) is 0.0576. The lowest BCUT2D eigenvalue weighted by atomic mass is 10.1. The highest BCUT2D eigenvalue weighted by atomic mass is 16.5. The molecule has 0 aliphatic carbocycles. The molecule has 0 aromatic heterocycles. The van der Waals surface area contributed by atoms with Gasteiger partial charge in [0.05, 0.1) is 25.7 Å². The van der Waals surface area contributed by atoms with E-state index in [0.29, 0.717) is 36.1 Å². The summed E-state index contributed by atoms with van der Waals surface area (Å²) >= 11 is 0. The fraction of sp³-hybridized carbons (Fsp3) is 0.185. The van der Waals surface area contributed by atoms with E-state index in [0.717, 1.165) is 43.1 Å². The molecular formula is C54H48N2O8. The number of fused-ring (bicyclic) bond motifs is 4. The van der Waals surface area contributed by atoms with Gasteiger partial charge in [-0.05, 0) is 45.8 Å². The Morgan fingerprint density at radius 1 is 0.281 bits per heavy atom. The molecule has 0 fully saturated rings. The molecule has 0 saturated carbocycles. The fourth-order valence-electron chi connectivity index (χ4n) is 7.78. The Kier molecular flexibility index (Phi) is 14.3. The number of hydrogen-bond donors (Lipinski definition) is 0. The minimum atomic E-state index is -0.413. The number of rotatable bonds is 19. The third-order valence-electron chi connectivity index (χ3n) is 11.2. The standard InChI is InChI=1S/C54H48N2O8/c57-51(61-47-25-9-17-39-13-1-5-21-43(39)47)29-33-55(34-30-52(58)62-48-26-10-18-40-14-2-6-22-44(40)48)37-38-56(35-31-53(59)63-49-27-11-19-41-15-3-7-23-45(41)49)36-32-54(60)64-50-28-12-20-42-16-4-8-24-46(42)50/h1-28H,29-38H2. The first-order valence-corrected chi connectivity index (χ1v) is 21.5. The Hall–Kier alpha value is -7.40. The Morgan fingerprint density at radius 2 is 0.500 bits per heavy atom. The van der Waals surface area contributed by atoms with Gasteiger partial charge in [0.2, 0.25) is 0 Å². The van der Waals surface area contributed by atoms with Gasteiger partial charge in [-0.2, -0.15) is 0 Å². The molecule has 0 atom stereocenters. The maximum atomic E-state index is 13.4. The molecule has 0 N–H and O–H groups in total. The van der Waals surface area contributed by atoms with Crippen molar-refractivity contribution in [3.05, 3.63) is 170 Å². The number of esters is 4. The molecule has 10 heteroatoms. The van der Waals surface area contributed by atoms with Gasteiger partial charge in [-0.1, -0.05) is 146 Å². The van der Waals surface area contributed by atoms with Crippen LogP contribution in [-0.2, 0) is 19.2 Å². The second-order valence-electron chi connectivity index (χ2n) is 15.5. The monoisotopic (exact) mass is 852 g/mol. The van der Waals surface area contributed by atoms with Gasteiger partial charge in [-0.25, -0.2) is 0 Å². The minimum Gasteiger partial charge on any atom is -0.426 e. The van der Waals surface area contributed by atoms with Crippen LogP contribution in [0.1, 0.15) is 25.7 Å². The van der Waals surface area contributed by atoms with E-state index in [1.54, 1.807) is 24.3 Å². The van der Waals surface area contributed by atoms with E-state index in [-0.39, 0.29) is 51.9 Å². The highest BCUT2D eigenvalue weighted by Gasteiger charge is 2.19. The van der Waals surface area contributed by atoms with Crippen molar-refractivity contribution in [2.75, 3.05) is 39.3 Å². The first kappa shape index (κ1) is 43.3.